The summed E-state index contributed by atoms with van der Waals surface area (Å²) in [7, 11) is 0. The zero-order chi connectivity index (χ0) is 12.7. The number of nitrogens with two attached hydrogens (primary N) is 1. The van der Waals surface area contributed by atoms with Crippen LogP contribution < -0.4 is 16.6 Å². The highest BCUT2D eigenvalue weighted by molar-refractivity contribution is 5.70. The Balaban J connectivity index is 2.08. The summed E-state index contributed by atoms with van der Waals surface area (Å²) in [6.45, 7) is 3.15. The molecule has 0 spiro atoms. The zero-order valence-electron chi connectivity index (χ0n) is 10.2. The molecular weight excluding hydrogens is 232 g/mol. The molecule has 96 valence electrons. The van der Waals surface area contributed by atoms with Gasteiger partial charge < -0.3 is 16.0 Å². The third kappa shape index (κ3) is 1.76. The second kappa shape index (κ2) is 4.09. The summed E-state index contributed by atoms with van der Waals surface area (Å²) in [5.41, 5.74) is 5.99. The van der Waals surface area contributed by atoms with Crippen LogP contribution in [-0.2, 0) is 0 Å². The Morgan fingerprint density at radius 1 is 1.33 bits per heavy atom. The molecule has 5 N–H and O–H groups in total. The van der Waals surface area contributed by atoms with Gasteiger partial charge in [-0.05, 0) is 25.3 Å². The number of hydrogen-bond donors (Lipinski definition) is 4. The molecule has 0 bridgehead atoms. The smallest absolute Gasteiger partial charge is 0.278 e. The van der Waals surface area contributed by atoms with Gasteiger partial charge in [-0.3, -0.25) is 9.78 Å². The van der Waals surface area contributed by atoms with Crippen LogP contribution in [0.3, 0.4) is 0 Å². The molecule has 0 aliphatic carbocycles. The number of nitrogens with one attached hydrogen (secondary N) is 3. The second-order valence-corrected chi connectivity index (χ2v) is 4.82. The van der Waals surface area contributed by atoms with Gasteiger partial charge in [-0.1, -0.05) is 6.92 Å². The Bertz CT molecular complexity index is 630. The molecule has 0 amide bonds. The van der Waals surface area contributed by atoms with E-state index in [1.54, 1.807) is 0 Å². The molecule has 7 nitrogen and oxygen atoms in total. The molecular formula is C11H16N6O. The van der Waals surface area contributed by atoms with Gasteiger partial charge in [-0.2, -0.15) is 4.98 Å². The molecule has 7 heteroatoms. The number of rotatable bonds is 1. The van der Waals surface area contributed by atoms with Crippen LogP contribution in [-0.4, -0.2) is 26.5 Å². The number of anilines is 1. The van der Waals surface area contributed by atoms with Crippen molar-refractivity contribution in [3.05, 3.63) is 16.2 Å². The van der Waals surface area contributed by atoms with E-state index in [1.807, 2.05) is 0 Å². The standard InChI is InChI=1S/C11H16N6O/c1-5-3-2-4-13-6(5)8-14-7-9(15-8)16-11(12)17-10(7)18/h5-6,13H,2-4H2,1H3,(H4,12,14,15,16,17,18). The summed E-state index contributed by atoms with van der Waals surface area (Å²) in [6.07, 6.45) is 2.32. The lowest BCUT2D eigenvalue weighted by Crippen LogP contribution is -2.33. The van der Waals surface area contributed by atoms with Crippen molar-refractivity contribution in [1.29, 1.82) is 0 Å². The molecule has 2 unspecified atom stereocenters. The number of aromatic nitrogens is 4. The van der Waals surface area contributed by atoms with Crippen LogP contribution in [0.4, 0.5) is 5.95 Å². The third-order valence-electron chi connectivity index (χ3n) is 3.46. The van der Waals surface area contributed by atoms with Gasteiger partial charge in [0.2, 0.25) is 5.95 Å². The second-order valence-electron chi connectivity index (χ2n) is 4.82. The number of aromatic amines is 2. The highest BCUT2D eigenvalue weighted by Gasteiger charge is 2.25. The van der Waals surface area contributed by atoms with Gasteiger partial charge in [0.1, 0.15) is 5.82 Å². The minimum absolute atomic E-state index is 0.0928. The van der Waals surface area contributed by atoms with E-state index < -0.39 is 0 Å². The van der Waals surface area contributed by atoms with Gasteiger partial charge in [-0.15, -0.1) is 0 Å². The number of nitrogen functional groups attached to an aromatic ring is 1. The molecule has 0 aromatic carbocycles. The van der Waals surface area contributed by atoms with Crippen LogP contribution in [0.15, 0.2) is 4.79 Å². The molecule has 2 atom stereocenters. The Morgan fingerprint density at radius 3 is 2.94 bits per heavy atom. The van der Waals surface area contributed by atoms with E-state index in [0.717, 1.165) is 18.8 Å². The maximum atomic E-state index is 11.7. The van der Waals surface area contributed by atoms with E-state index in [2.05, 4.69) is 32.2 Å². The van der Waals surface area contributed by atoms with E-state index in [9.17, 15) is 4.79 Å². The van der Waals surface area contributed by atoms with Crippen molar-refractivity contribution >= 4 is 17.1 Å². The number of fused-ring (bicyclic) bond motifs is 1. The van der Waals surface area contributed by atoms with Gasteiger partial charge in [0.15, 0.2) is 11.2 Å². The largest absolute Gasteiger partial charge is 0.369 e. The van der Waals surface area contributed by atoms with Crippen LogP contribution in [0, 0.1) is 5.92 Å². The molecule has 1 aliphatic heterocycles. The molecule has 0 saturated carbocycles. The van der Waals surface area contributed by atoms with Gasteiger partial charge in [0.05, 0.1) is 6.04 Å². The first-order chi connectivity index (χ1) is 8.65. The third-order valence-corrected chi connectivity index (χ3v) is 3.46. The minimum atomic E-state index is -0.278. The number of H-pyrrole nitrogens is 2. The number of nitrogens with zero attached hydrogens (tertiary/aromatic N) is 2. The molecule has 2 aromatic rings. The highest BCUT2D eigenvalue weighted by Crippen LogP contribution is 2.27. The zero-order valence-corrected chi connectivity index (χ0v) is 10.2. The van der Waals surface area contributed by atoms with E-state index in [4.69, 9.17) is 5.73 Å². The lowest BCUT2D eigenvalue weighted by molar-refractivity contribution is 0.296. The van der Waals surface area contributed by atoms with Crippen molar-refractivity contribution in [2.75, 3.05) is 12.3 Å². The Hall–Kier alpha value is -1.89. The van der Waals surface area contributed by atoms with Gasteiger partial charge in [-0.25, -0.2) is 4.98 Å². The van der Waals surface area contributed by atoms with Crippen LogP contribution >= 0.6 is 0 Å². The quantitative estimate of drug-likeness (QED) is 0.579. The maximum absolute atomic E-state index is 11.7. The van der Waals surface area contributed by atoms with Crippen molar-refractivity contribution in [3.8, 4) is 0 Å². The van der Waals surface area contributed by atoms with Crippen LogP contribution in [0.1, 0.15) is 31.6 Å². The van der Waals surface area contributed by atoms with E-state index in [1.165, 1.54) is 6.42 Å². The summed E-state index contributed by atoms with van der Waals surface area (Å²) < 4.78 is 0. The molecule has 1 saturated heterocycles. The molecule has 0 radical (unpaired) electrons. The van der Waals surface area contributed by atoms with E-state index >= 15 is 0 Å². The Morgan fingerprint density at radius 2 is 2.17 bits per heavy atom. The van der Waals surface area contributed by atoms with Crippen molar-refractivity contribution in [3.63, 3.8) is 0 Å². The first-order valence-corrected chi connectivity index (χ1v) is 6.14. The molecule has 1 aliphatic rings. The van der Waals surface area contributed by atoms with Crippen molar-refractivity contribution in [2.45, 2.75) is 25.8 Å². The fourth-order valence-electron chi connectivity index (χ4n) is 2.50. The van der Waals surface area contributed by atoms with Gasteiger partial charge >= 0.3 is 0 Å². The number of imidazole rings is 1. The molecule has 3 rings (SSSR count). The molecule has 3 heterocycles. The molecule has 2 aromatic heterocycles. The normalized spacial score (nSPS) is 24.5. The maximum Gasteiger partial charge on any atom is 0.278 e. The van der Waals surface area contributed by atoms with Crippen molar-refractivity contribution < 1.29 is 0 Å². The minimum Gasteiger partial charge on any atom is -0.369 e. The topological polar surface area (TPSA) is 112 Å². The Labute approximate surface area is 103 Å². The predicted octanol–water partition coefficient (Wildman–Crippen LogP) is 0.289. The monoisotopic (exact) mass is 248 g/mol. The van der Waals surface area contributed by atoms with Crippen LogP contribution in [0.5, 0.6) is 0 Å². The first kappa shape index (κ1) is 11.2. The summed E-state index contributed by atoms with van der Waals surface area (Å²) in [6, 6.07) is 0.147. The predicted molar refractivity (Wildman–Crippen MR) is 68.1 cm³/mol. The van der Waals surface area contributed by atoms with E-state index in [-0.39, 0.29) is 17.5 Å². The first-order valence-electron chi connectivity index (χ1n) is 6.14. The number of piperidine rings is 1. The van der Waals surface area contributed by atoms with Gasteiger partial charge in [0, 0.05) is 0 Å². The average Bonchev–Trinajstić information content (AvgIpc) is 2.73. The van der Waals surface area contributed by atoms with Crippen LogP contribution in [0.25, 0.3) is 11.2 Å². The summed E-state index contributed by atoms with van der Waals surface area (Å²) in [5.74, 6) is 1.34. The molecule has 1 fully saturated rings. The summed E-state index contributed by atoms with van der Waals surface area (Å²) >= 11 is 0. The Kier molecular flexibility index (Phi) is 2.55. The lowest BCUT2D eigenvalue weighted by atomic mass is 9.92. The SMILES string of the molecule is CC1CCCNC1c1nc2nc(N)[nH]c(=O)c2[nH]1. The fraction of sp³-hybridized carbons (Fsp3) is 0.545. The van der Waals surface area contributed by atoms with Crippen LogP contribution in [0.2, 0.25) is 0 Å². The summed E-state index contributed by atoms with van der Waals surface area (Å²) in [5, 5.41) is 3.42. The fourth-order valence-corrected chi connectivity index (χ4v) is 2.50. The number of hydrogen-bond acceptors (Lipinski definition) is 5. The summed E-state index contributed by atoms with van der Waals surface area (Å²) in [4.78, 5) is 25.6. The van der Waals surface area contributed by atoms with Crippen molar-refractivity contribution in [2.24, 2.45) is 5.92 Å². The lowest BCUT2D eigenvalue weighted by Gasteiger charge is -2.28. The van der Waals surface area contributed by atoms with Crippen molar-refractivity contribution in [1.82, 2.24) is 25.3 Å². The molecule has 18 heavy (non-hydrogen) atoms. The average molecular weight is 248 g/mol. The van der Waals surface area contributed by atoms with E-state index in [0.29, 0.717) is 17.1 Å². The highest BCUT2D eigenvalue weighted by atomic mass is 16.1. The van der Waals surface area contributed by atoms with Gasteiger partial charge in [0.25, 0.3) is 5.56 Å².